The fourth-order valence-electron chi connectivity index (χ4n) is 5.40. The highest BCUT2D eigenvalue weighted by atomic mass is 16.7. The highest BCUT2D eigenvalue weighted by molar-refractivity contribution is 5.89. The Kier molecular flexibility index (Phi) is 9.27. The predicted octanol–water partition coefficient (Wildman–Crippen LogP) is 5.78. The Morgan fingerprint density at radius 3 is 2.26 bits per heavy atom. The van der Waals surface area contributed by atoms with Gasteiger partial charge in [-0.3, -0.25) is 0 Å². The molecule has 3 aromatic rings. The summed E-state index contributed by atoms with van der Waals surface area (Å²) in [5.74, 6) is 0.164. The second-order valence-corrected chi connectivity index (χ2v) is 10.6. The van der Waals surface area contributed by atoms with Gasteiger partial charge < -0.3 is 30.1 Å². The smallest absolute Gasteiger partial charge is 0.319 e. The maximum Gasteiger partial charge on any atom is 0.319 e. The predicted molar refractivity (Wildman–Crippen MR) is 152 cm³/mol. The van der Waals surface area contributed by atoms with Crippen LogP contribution in [0.1, 0.15) is 60.8 Å². The van der Waals surface area contributed by atoms with E-state index < -0.39 is 6.29 Å². The molecular formula is C32H39N3O4. The van der Waals surface area contributed by atoms with Crippen molar-refractivity contribution in [3.8, 4) is 0 Å². The van der Waals surface area contributed by atoms with E-state index in [4.69, 9.17) is 9.47 Å². The highest BCUT2D eigenvalue weighted by Crippen LogP contribution is 2.42. The zero-order valence-corrected chi connectivity index (χ0v) is 22.6. The molecule has 3 aromatic carbocycles. The summed E-state index contributed by atoms with van der Waals surface area (Å²) in [5.41, 5.74) is 4.64. The number of nitrogens with one attached hydrogen (secondary N) is 2. The van der Waals surface area contributed by atoms with Crippen LogP contribution in [0.15, 0.2) is 78.9 Å². The van der Waals surface area contributed by atoms with Gasteiger partial charge in [-0.2, -0.15) is 0 Å². The molecule has 0 aromatic heterocycles. The van der Waals surface area contributed by atoms with E-state index in [1.165, 1.54) is 19.3 Å². The van der Waals surface area contributed by atoms with Gasteiger partial charge in [0.25, 0.3) is 0 Å². The molecule has 0 unspecified atom stereocenters. The second kappa shape index (κ2) is 13.2. The van der Waals surface area contributed by atoms with Crippen LogP contribution < -0.4 is 10.6 Å². The lowest BCUT2D eigenvalue weighted by molar-refractivity contribution is -0.276. The molecule has 2 fully saturated rings. The molecule has 206 valence electrons. The number of ether oxygens (including phenoxy) is 2. The van der Waals surface area contributed by atoms with Crippen LogP contribution >= 0.6 is 0 Å². The molecule has 0 radical (unpaired) electrons. The number of aliphatic hydroxyl groups excluding tert-OH is 1. The molecule has 2 aliphatic heterocycles. The van der Waals surface area contributed by atoms with Crippen molar-refractivity contribution < 1.29 is 19.4 Å². The quantitative estimate of drug-likeness (QED) is 0.345. The SMILES string of the molecule is C[C@@H]1[C@H](CN2CCCCC2)O[C@H](c2ccc(NC(=O)NCc3ccccc3)cc2)O[C@@H]1c1ccc(CO)cc1. The first kappa shape index (κ1) is 27.3. The number of hydrogen-bond donors (Lipinski definition) is 3. The van der Waals surface area contributed by atoms with Crippen LogP contribution in [0, 0.1) is 5.92 Å². The van der Waals surface area contributed by atoms with E-state index in [0.717, 1.165) is 41.9 Å². The first-order chi connectivity index (χ1) is 19.1. The van der Waals surface area contributed by atoms with Gasteiger partial charge in [0.05, 0.1) is 18.8 Å². The Balaban J connectivity index is 1.27. The first-order valence-electron chi connectivity index (χ1n) is 14.0. The highest BCUT2D eigenvalue weighted by Gasteiger charge is 2.39. The van der Waals surface area contributed by atoms with Crippen molar-refractivity contribution in [2.24, 2.45) is 5.92 Å². The lowest BCUT2D eigenvalue weighted by atomic mass is 9.89. The molecule has 3 N–H and O–H groups in total. The number of hydrogen-bond acceptors (Lipinski definition) is 5. The Morgan fingerprint density at radius 1 is 0.872 bits per heavy atom. The van der Waals surface area contributed by atoms with E-state index in [2.05, 4.69) is 22.5 Å². The van der Waals surface area contributed by atoms with Gasteiger partial charge >= 0.3 is 6.03 Å². The summed E-state index contributed by atoms with van der Waals surface area (Å²) in [5, 5.41) is 15.3. The number of nitrogens with zero attached hydrogens (tertiary/aromatic N) is 1. The Labute approximate surface area is 231 Å². The number of carbonyl (C=O) groups is 1. The van der Waals surface area contributed by atoms with E-state index in [0.29, 0.717) is 12.2 Å². The van der Waals surface area contributed by atoms with Gasteiger partial charge in [0.15, 0.2) is 6.29 Å². The van der Waals surface area contributed by atoms with Crippen LogP contribution in [0.4, 0.5) is 10.5 Å². The third-order valence-corrected chi connectivity index (χ3v) is 7.75. The number of likely N-dealkylation sites (tertiary alicyclic amines) is 1. The van der Waals surface area contributed by atoms with E-state index in [1.54, 1.807) is 0 Å². The van der Waals surface area contributed by atoms with Crippen molar-refractivity contribution in [2.75, 3.05) is 25.0 Å². The molecule has 0 saturated carbocycles. The summed E-state index contributed by atoms with van der Waals surface area (Å²) in [7, 11) is 0. The summed E-state index contributed by atoms with van der Waals surface area (Å²) in [6.07, 6.45) is 3.15. The maximum absolute atomic E-state index is 12.4. The zero-order valence-electron chi connectivity index (χ0n) is 22.6. The number of urea groups is 1. The van der Waals surface area contributed by atoms with Crippen molar-refractivity contribution in [1.82, 2.24) is 10.2 Å². The molecule has 2 aliphatic rings. The van der Waals surface area contributed by atoms with Gasteiger partial charge in [0.2, 0.25) is 0 Å². The Morgan fingerprint density at radius 2 is 1.56 bits per heavy atom. The lowest BCUT2D eigenvalue weighted by Crippen LogP contribution is -2.45. The largest absolute Gasteiger partial charge is 0.392 e. The molecule has 7 heteroatoms. The number of carbonyl (C=O) groups excluding carboxylic acids is 1. The van der Waals surface area contributed by atoms with Crippen LogP contribution in [0.3, 0.4) is 0 Å². The molecule has 2 amide bonds. The number of rotatable bonds is 8. The maximum atomic E-state index is 12.4. The average Bonchev–Trinajstić information content (AvgIpc) is 2.99. The fraction of sp³-hybridized carbons (Fsp3) is 0.406. The van der Waals surface area contributed by atoms with Gasteiger partial charge in [-0.15, -0.1) is 0 Å². The van der Waals surface area contributed by atoms with Crippen molar-refractivity contribution in [1.29, 1.82) is 0 Å². The van der Waals surface area contributed by atoms with Gasteiger partial charge in [-0.1, -0.05) is 80.1 Å². The summed E-state index contributed by atoms with van der Waals surface area (Å²) in [6, 6.07) is 25.3. The van der Waals surface area contributed by atoms with Crippen molar-refractivity contribution in [3.63, 3.8) is 0 Å². The molecule has 2 saturated heterocycles. The molecule has 0 aliphatic carbocycles. The van der Waals surface area contributed by atoms with Crippen LogP contribution in [-0.2, 0) is 22.6 Å². The van der Waals surface area contributed by atoms with Gasteiger partial charge in [-0.05, 0) is 54.8 Å². The van der Waals surface area contributed by atoms with Gasteiger partial charge in [0, 0.05) is 30.3 Å². The number of aliphatic hydroxyl groups is 1. The Hall–Kier alpha value is -3.23. The van der Waals surface area contributed by atoms with Crippen LogP contribution in [0.25, 0.3) is 0 Å². The Bertz CT molecular complexity index is 1180. The molecular weight excluding hydrogens is 490 g/mol. The van der Waals surface area contributed by atoms with E-state index in [-0.39, 0.29) is 30.8 Å². The standard InChI is InChI=1S/C32H39N3O4/c1-23-29(21-35-18-6-3-7-19-35)38-31(39-30(23)26-12-10-25(22-36)11-13-26)27-14-16-28(17-15-27)34-32(37)33-20-24-8-4-2-5-9-24/h2,4-5,8-17,23,29-31,36H,3,6-7,18-22H2,1H3,(H2,33,34,37)/t23-,29+,30+,31+/m1/s1. The van der Waals surface area contributed by atoms with Crippen molar-refractivity contribution in [2.45, 2.75) is 57.8 Å². The molecule has 39 heavy (non-hydrogen) atoms. The minimum atomic E-state index is -0.514. The molecule has 5 rings (SSSR count). The molecule has 0 bridgehead atoms. The summed E-state index contributed by atoms with van der Waals surface area (Å²) in [6.45, 7) is 5.80. The molecule has 0 spiro atoms. The van der Waals surface area contributed by atoms with Crippen molar-refractivity contribution in [3.05, 3.63) is 101 Å². The molecule has 2 heterocycles. The van der Waals surface area contributed by atoms with Crippen LogP contribution in [-0.4, -0.2) is 41.8 Å². The van der Waals surface area contributed by atoms with Gasteiger partial charge in [-0.25, -0.2) is 4.79 Å². The van der Waals surface area contributed by atoms with E-state index >= 15 is 0 Å². The van der Waals surface area contributed by atoms with Crippen molar-refractivity contribution >= 4 is 11.7 Å². The van der Waals surface area contributed by atoms with Gasteiger partial charge in [0.1, 0.15) is 0 Å². The monoisotopic (exact) mass is 529 g/mol. The molecule has 4 atom stereocenters. The number of benzene rings is 3. The normalized spacial score (nSPS) is 23.7. The van der Waals surface area contributed by atoms with E-state index in [9.17, 15) is 9.90 Å². The third kappa shape index (κ3) is 7.25. The topological polar surface area (TPSA) is 83.1 Å². The molecule has 7 nitrogen and oxygen atoms in total. The third-order valence-electron chi connectivity index (χ3n) is 7.75. The zero-order chi connectivity index (χ0) is 27.0. The number of anilines is 1. The minimum absolute atomic E-state index is 0.0194. The van der Waals surface area contributed by atoms with E-state index in [1.807, 2.05) is 78.9 Å². The lowest BCUT2D eigenvalue weighted by Gasteiger charge is -2.43. The second-order valence-electron chi connectivity index (χ2n) is 10.6. The average molecular weight is 530 g/mol. The fourth-order valence-corrected chi connectivity index (χ4v) is 5.40. The summed E-state index contributed by atoms with van der Waals surface area (Å²) >= 11 is 0. The summed E-state index contributed by atoms with van der Waals surface area (Å²) in [4.78, 5) is 14.9. The summed E-state index contributed by atoms with van der Waals surface area (Å²) < 4.78 is 13.2. The number of piperidine rings is 1. The van der Waals surface area contributed by atoms with Crippen LogP contribution in [0.2, 0.25) is 0 Å². The first-order valence-corrected chi connectivity index (χ1v) is 14.0. The minimum Gasteiger partial charge on any atom is -0.392 e. The number of amides is 2. The van der Waals surface area contributed by atoms with Crippen LogP contribution in [0.5, 0.6) is 0 Å².